The Bertz CT molecular complexity index is 3450. The van der Waals surface area contributed by atoms with Gasteiger partial charge in [0.25, 0.3) is 0 Å². The number of thiophene rings is 1. The first-order valence-corrected chi connectivity index (χ1v) is 19.2. The van der Waals surface area contributed by atoms with Gasteiger partial charge >= 0.3 is 0 Å². The summed E-state index contributed by atoms with van der Waals surface area (Å²) in [6, 6.07) is 54.0. The third kappa shape index (κ3) is 5.48. The summed E-state index contributed by atoms with van der Waals surface area (Å²) in [5.74, 6) is 1.62. The van der Waals surface area contributed by atoms with Crippen LogP contribution in [0.2, 0.25) is 0 Å². The number of para-hydroxylation sites is 1. The third-order valence-corrected chi connectivity index (χ3v) is 11.5. The molecule has 8 aromatic carbocycles. The highest BCUT2D eigenvalue weighted by Crippen LogP contribution is 2.44. The van der Waals surface area contributed by atoms with Gasteiger partial charge in [-0.1, -0.05) is 158 Å². The van der Waals surface area contributed by atoms with E-state index >= 15 is 0 Å². The molecule has 0 aliphatic carbocycles. The van der Waals surface area contributed by atoms with Crippen LogP contribution in [-0.4, -0.2) is 19.5 Å². The van der Waals surface area contributed by atoms with Gasteiger partial charge in [0.05, 0.1) is 17.9 Å². The molecular formula is C51H32N4S. The molecule has 56 heavy (non-hydrogen) atoms. The van der Waals surface area contributed by atoms with Gasteiger partial charge in [0.1, 0.15) is 0 Å². The Morgan fingerprint density at radius 3 is 1.71 bits per heavy atom. The first kappa shape index (κ1) is 27.4. The van der Waals surface area contributed by atoms with Gasteiger partial charge in [0, 0.05) is 53.3 Å². The van der Waals surface area contributed by atoms with Gasteiger partial charge in [-0.25, -0.2) is 15.0 Å². The van der Waals surface area contributed by atoms with Crippen molar-refractivity contribution >= 4 is 53.3 Å². The minimum absolute atomic E-state index is 0.170. The van der Waals surface area contributed by atoms with Crippen LogP contribution >= 0.6 is 11.3 Å². The molecule has 0 radical (unpaired) electrons. The summed E-state index contributed by atoms with van der Waals surface area (Å²) in [6.07, 6.45) is 0. The summed E-state index contributed by atoms with van der Waals surface area (Å²) < 4.78 is 46.5. The van der Waals surface area contributed by atoms with E-state index in [0.717, 1.165) is 75.5 Å². The number of benzene rings is 8. The van der Waals surface area contributed by atoms with Gasteiger partial charge < -0.3 is 4.57 Å². The maximum Gasteiger partial charge on any atom is 0.165 e. The molecule has 262 valence electrons. The van der Waals surface area contributed by atoms with E-state index in [1.165, 1.54) is 0 Å². The molecule has 5 heteroatoms. The Balaban J connectivity index is 1.21. The molecule has 11 rings (SSSR count). The molecule has 0 atom stereocenters. The molecule has 11 aromatic rings. The summed E-state index contributed by atoms with van der Waals surface area (Å²) in [5, 5.41) is 4.21. The van der Waals surface area contributed by atoms with Crippen molar-refractivity contribution in [3.63, 3.8) is 0 Å². The molecule has 0 unspecified atom stereocenters. The second kappa shape index (κ2) is 13.3. The van der Waals surface area contributed by atoms with Gasteiger partial charge in [0.15, 0.2) is 17.5 Å². The predicted molar refractivity (Wildman–Crippen MR) is 234 cm³/mol. The van der Waals surface area contributed by atoms with Crippen molar-refractivity contribution in [2.75, 3.05) is 0 Å². The molecule has 0 fully saturated rings. The number of rotatable bonds is 6. The molecule has 0 saturated heterocycles. The Morgan fingerprint density at radius 2 is 1.00 bits per heavy atom. The van der Waals surface area contributed by atoms with Crippen LogP contribution in [0, 0.1) is 0 Å². The minimum Gasteiger partial charge on any atom is -0.309 e. The van der Waals surface area contributed by atoms with E-state index in [0.29, 0.717) is 23.0 Å². The van der Waals surface area contributed by atoms with E-state index in [1.54, 1.807) is 11.3 Å². The fourth-order valence-corrected chi connectivity index (χ4v) is 8.93. The first-order valence-electron chi connectivity index (χ1n) is 20.9. The van der Waals surface area contributed by atoms with E-state index < -0.39 is 6.04 Å². The monoisotopic (exact) mass is 737 g/mol. The Kier molecular flexibility index (Phi) is 6.49. The lowest BCUT2D eigenvalue weighted by atomic mass is 10.0. The van der Waals surface area contributed by atoms with Crippen LogP contribution in [0.1, 0.15) is 6.85 Å². The normalized spacial score (nSPS) is 12.8. The number of hydrogen-bond donors (Lipinski definition) is 0. The second-order valence-corrected chi connectivity index (χ2v) is 14.7. The second-order valence-electron chi connectivity index (χ2n) is 13.7. The van der Waals surface area contributed by atoms with Crippen LogP contribution in [0.4, 0.5) is 0 Å². The summed E-state index contributed by atoms with van der Waals surface area (Å²) in [4.78, 5) is 15.4. The maximum atomic E-state index is 8.72. The molecule has 0 bridgehead atoms. The predicted octanol–water partition coefficient (Wildman–Crippen LogP) is 13.7. The minimum atomic E-state index is -0.415. The molecule has 4 nitrogen and oxygen atoms in total. The van der Waals surface area contributed by atoms with Crippen molar-refractivity contribution in [3.05, 3.63) is 194 Å². The van der Waals surface area contributed by atoms with E-state index in [4.69, 9.17) is 21.8 Å². The topological polar surface area (TPSA) is 43.6 Å². The van der Waals surface area contributed by atoms with Crippen LogP contribution in [0.15, 0.2) is 194 Å². The van der Waals surface area contributed by atoms with Crippen molar-refractivity contribution < 1.29 is 6.85 Å². The summed E-state index contributed by atoms with van der Waals surface area (Å²) in [6.45, 7) is 0. The Hall–Kier alpha value is -7.21. The lowest BCUT2D eigenvalue weighted by Gasteiger charge is -2.13. The quantitative estimate of drug-likeness (QED) is 0.171. The zero-order chi connectivity index (χ0) is 41.4. The fourth-order valence-electron chi connectivity index (χ4n) is 7.70. The van der Waals surface area contributed by atoms with Crippen molar-refractivity contribution in [2.45, 2.75) is 0 Å². The highest BCUT2D eigenvalue weighted by molar-refractivity contribution is 7.26. The van der Waals surface area contributed by atoms with Crippen LogP contribution in [0.3, 0.4) is 0 Å². The van der Waals surface area contributed by atoms with Crippen molar-refractivity contribution in [1.29, 1.82) is 0 Å². The number of hydrogen-bond acceptors (Lipinski definition) is 4. The maximum absolute atomic E-state index is 8.72. The van der Waals surface area contributed by atoms with Gasteiger partial charge in [0.2, 0.25) is 0 Å². The lowest BCUT2D eigenvalue weighted by molar-refractivity contribution is 1.07. The molecule has 0 aliphatic rings. The smallest absolute Gasteiger partial charge is 0.165 e. The van der Waals surface area contributed by atoms with E-state index in [1.807, 2.05) is 84.9 Å². The molecule has 3 aromatic heterocycles. The highest BCUT2D eigenvalue weighted by atomic mass is 32.1. The van der Waals surface area contributed by atoms with Gasteiger partial charge in [-0.05, 0) is 58.7 Å². The number of nitrogens with zero attached hydrogens (tertiary/aromatic N) is 4. The lowest BCUT2D eigenvalue weighted by Crippen LogP contribution is -2.01. The van der Waals surface area contributed by atoms with E-state index in [-0.39, 0.29) is 29.7 Å². The van der Waals surface area contributed by atoms with Crippen molar-refractivity contribution in [1.82, 2.24) is 19.5 Å². The Labute approximate surface area is 334 Å². The van der Waals surface area contributed by atoms with Crippen LogP contribution in [0.5, 0.6) is 0 Å². The summed E-state index contributed by atoms with van der Waals surface area (Å²) in [5.41, 5.74) is 8.60. The van der Waals surface area contributed by atoms with Crippen LogP contribution in [-0.2, 0) is 0 Å². The SMILES string of the molecule is [2H]c1c([2H])c([2H])c(-c2ccc3c(c2)sc2c(-c4nc(-c5ccccc5)nc(-c5ccccc5)n4)cc(-n4c5ccccc5c5cc(-c6ccccc6)ccc54)cc23)c([2H])c1[2H]. The number of fused-ring (bicyclic) bond motifs is 6. The zero-order valence-corrected chi connectivity index (χ0v) is 30.6. The van der Waals surface area contributed by atoms with E-state index in [2.05, 4.69) is 83.4 Å². The molecule has 0 saturated carbocycles. The molecule has 0 spiro atoms. The summed E-state index contributed by atoms with van der Waals surface area (Å²) >= 11 is 1.57. The number of aromatic nitrogens is 4. The molecule has 0 amide bonds. The van der Waals surface area contributed by atoms with Gasteiger partial charge in [-0.3, -0.25) is 0 Å². The standard InChI is InChI=1S/C51H32N4S/c1-5-15-33(16-6-1)37-26-28-46-42(29-37)40-23-13-14-24-45(40)55(46)39-31-43-41-27-25-38(34-17-7-2-8-18-34)30-47(41)56-48(43)44(32-39)51-53-49(35-19-9-3-10-20-35)52-50(54-51)36-21-11-4-12-22-36/h1-32H/i2D,7D,8D,17D,18D. The molecule has 3 heterocycles. The van der Waals surface area contributed by atoms with Gasteiger partial charge in [-0.15, -0.1) is 11.3 Å². The average Bonchev–Trinajstić information content (AvgIpc) is 3.85. The summed E-state index contributed by atoms with van der Waals surface area (Å²) in [7, 11) is 0. The molecular weight excluding hydrogens is 701 g/mol. The van der Waals surface area contributed by atoms with Gasteiger partial charge in [-0.2, -0.15) is 0 Å². The molecule has 0 aliphatic heterocycles. The third-order valence-electron chi connectivity index (χ3n) is 10.3. The fraction of sp³-hybridized carbons (Fsp3) is 0. The van der Waals surface area contributed by atoms with Crippen LogP contribution < -0.4 is 0 Å². The molecule has 0 N–H and O–H groups in total. The largest absolute Gasteiger partial charge is 0.309 e. The van der Waals surface area contributed by atoms with Crippen molar-refractivity contribution in [3.8, 4) is 62.1 Å². The highest BCUT2D eigenvalue weighted by Gasteiger charge is 2.21. The first-order chi connectivity index (χ1) is 29.8. The van der Waals surface area contributed by atoms with Crippen molar-refractivity contribution in [2.24, 2.45) is 0 Å². The Morgan fingerprint density at radius 1 is 0.411 bits per heavy atom. The average molecular weight is 738 g/mol. The van der Waals surface area contributed by atoms with Crippen LogP contribution in [0.25, 0.3) is 104 Å². The zero-order valence-electron chi connectivity index (χ0n) is 34.8. The van der Waals surface area contributed by atoms with E-state index in [9.17, 15) is 0 Å².